The van der Waals surface area contributed by atoms with Crippen LogP contribution in [-0.2, 0) is 10.0 Å². The Labute approximate surface area is 146 Å². The molecule has 1 aromatic heterocycles. The molecule has 1 fully saturated rings. The number of anilines is 1. The summed E-state index contributed by atoms with van der Waals surface area (Å²) in [6.45, 7) is 5.67. The highest BCUT2D eigenvalue weighted by Crippen LogP contribution is 2.26. The van der Waals surface area contributed by atoms with Crippen LogP contribution in [0.5, 0.6) is 0 Å². The molecule has 1 saturated heterocycles. The summed E-state index contributed by atoms with van der Waals surface area (Å²) in [5.74, 6) is 0.0451. The largest absolute Gasteiger partial charge is 0.369 e. The highest BCUT2D eigenvalue weighted by atomic mass is 32.2. The fourth-order valence-corrected chi connectivity index (χ4v) is 5.63. The molecule has 0 radical (unpaired) electrons. The lowest BCUT2D eigenvalue weighted by Gasteiger charge is -2.35. The highest BCUT2D eigenvalue weighted by Gasteiger charge is 2.29. The fraction of sp³-hybridized carbons (Fsp3) is 0.353. The molecule has 1 aliphatic heterocycles. The van der Waals surface area contributed by atoms with Crippen molar-refractivity contribution >= 4 is 32.8 Å². The molecule has 0 unspecified atom stereocenters. The first-order valence-corrected chi connectivity index (χ1v) is 10.1. The van der Waals surface area contributed by atoms with Crippen LogP contribution in [-0.4, -0.2) is 44.7 Å². The number of nitrogens with zero attached hydrogens (tertiary/aromatic N) is 2. The summed E-state index contributed by atoms with van der Waals surface area (Å²) in [5.41, 5.74) is 1.71. The maximum absolute atomic E-state index is 12.6. The van der Waals surface area contributed by atoms with Gasteiger partial charge in [0.05, 0.1) is 0 Å². The normalized spacial score (nSPS) is 16.3. The van der Waals surface area contributed by atoms with E-state index in [-0.39, 0.29) is 5.78 Å². The van der Waals surface area contributed by atoms with Crippen molar-refractivity contribution in [3.05, 3.63) is 46.8 Å². The molecular formula is C17H20N2O3S2. The van der Waals surface area contributed by atoms with E-state index in [1.807, 2.05) is 37.3 Å². The third kappa shape index (κ3) is 3.38. The van der Waals surface area contributed by atoms with Crippen LogP contribution in [0.1, 0.15) is 22.2 Å². The van der Waals surface area contributed by atoms with Gasteiger partial charge in [0.2, 0.25) is 0 Å². The van der Waals surface area contributed by atoms with Crippen molar-refractivity contribution < 1.29 is 13.2 Å². The van der Waals surface area contributed by atoms with E-state index >= 15 is 0 Å². The Morgan fingerprint density at radius 3 is 2.12 bits per heavy atom. The highest BCUT2D eigenvalue weighted by molar-refractivity contribution is 7.91. The molecule has 128 valence electrons. The number of piperazine rings is 1. The lowest BCUT2D eigenvalue weighted by Crippen LogP contribution is -2.48. The first-order valence-electron chi connectivity index (χ1n) is 7.80. The van der Waals surface area contributed by atoms with Crippen LogP contribution >= 0.6 is 11.3 Å². The topological polar surface area (TPSA) is 57.7 Å². The van der Waals surface area contributed by atoms with Crippen molar-refractivity contribution in [3.8, 4) is 0 Å². The maximum atomic E-state index is 12.6. The van der Waals surface area contributed by atoms with Crippen LogP contribution in [0.3, 0.4) is 0 Å². The van der Waals surface area contributed by atoms with Gasteiger partial charge in [-0.3, -0.25) is 4.79 Å². The van der Waals surface area contributed by atoms with Crippen molar-refractivity contribution in [1.29, 1.82) is 0 Å². The number of carbonyl (C=O) groups is 1. The smallest absolute Gasteiger partial charge is 0.252 e. The molecule has 1 aromatic carbocycles. The molecule has 0 atom stereocenters. The van der Waals surface area contributed by atoms with E-state index in [0.29, 0.717) is 36.0 Å². The van der Waals surface area contributed by atoms with Gasteiger partial charge in [-0.25, -0.2) is 8.42 Å². The van der Waals surface area contributed by atoms with Crippen LogP contribution in [0, 0.1) is 6.92 Å². The zero-order chi connectivity index (χ0) is 17.3. The van der Waals surface area contributed by atoms with Crippen molar-refractivity contribution in [2.45, 2.75) is 18.1 Å². The van der Waals surface area contributed by atoms with Gasteiger partial charge in [-0.1, -0.05) is 0 Å². The minimum absolute atomic E-state index is 0.0451. The van der Waals surface area contributed by atoms with E-state index < -0.39 is 10.0 Å². The van der Waals surface area contributed by atoms with Crippen LogP contribution < -0.4 is 4.90 Å². The van der Waals surface area contributed by atoms with Crippen molar-refractivity contribution in [2.75, 3.05) is 31.1 Å². The van der Waals surface area contributed by atoms with Crippen LogP contribution in [0.15, 0.2) is 40.6 Å². The number of carbonyl (C=O) groups excluding carboxylic acids is 1. The van der Waals surface area contributed by atoms with Crippen LogP contribution in [0.4, 0.5) is 5.69 Å². The predicted molar refractivity (Wildman–Crippen MR) is 96.5 cm³/mol. The molecule has 2 heterocycles. The lowest BCUT2D eigenvalue weighted by molar-refractivity contribution is 0.101. The van der Waals surface area contributed by atoms with E-state index in [1.54, 1.807) is 17.3 Å². The van der Waals surface area contributed by atoms with Crippen LogP contribution in [0.2, 0.25) is 0 Å². The predicted octanol–water partition coefficient (Wildman–Crippen LogP) is 2.77. The molecule has 0 N–H and O–H groups in total. The Morgan fingerprint density at radius 1 is 1.00 bits per heavy atom. The number of Topliss-reactive ketones (excluding diaryl/α,β-unsaturated/α-hetero) is 1. The Bertz CT molecular complexity index is 833. The van der Waals surface area contributed by atoms with E-state index in [0.717, 1.165) is 10.6 Å². The fourth-order valence-electron chi connectivity index (χ4n) is 2.77. The Morgan fingerprint density at radius 2 is 1.62 bits per heavy atom. The molecule has 24 heavy (non-hydrogen) atoms. The summed E-state index contributed by atoms with van der Waals surface area (Å²) in [6.07, 6.45) is 0. The zero-order valence-electron chi connectivity index (χ0n) is 13.7. The van der Waals surface area contributed by atoms with Gasteiger partial charge < -0.3 is 4.90 Å². The van der Waals surface area contributed by atoms with E-state index in [9.17, 15) is 13.2 Å². The molecule has 0 aliphatic carbocycles. The quantitative estimate of drug-likeness (QED) is 0.783. The van der Waals surface area contributed by atoms with Gasteiger partial charge in [0.1, 0.15) is 4.21 Å². The monoisotopic (exact) mass is 364 g/mol. The van der Waals surface area contributed by atoms with Gasteiger partial charge in [-0.15, -0.1) is 11.3 Å². The lowest BCUT2D eigenvalue weighted by atomic mass is 10.1. The number of rotatable bonds is 4. The summed E-state index contributed by atoms with van der Waals surface area (Å²) in [5, 5.41) is 0. The maximum Gasteiger partial charge on any atom is 0.252 e. The standard InChI is InChI=1S/C17H20N2O3S2/c1-13-3-8-17(23-13)24(21,22)19-11-9-18(10-12-19)16-6-4-15(5-7-16)14(2)20/h3-8H,9-12H2,1-2H3. The van der Waals surface area contributed by atoms with Crippen molar-refractivity contribution in [1.82, 2.24) is 4.31 Å². The first-order chi connectivity index (χ1) is 11.4. The third-order valence-corrected chi connectivity index (χ3v) is 7.55. The Kier molecular flexibility index (Phi) is 4.76. The first kappa shape index (κ1) is 17.1. The molecule has 5 nitrogen and oxygen atoms in total. The van der Waals surface area contributed by atoms with Gasteiger partial charge in [0.15, 0.2) is 5.78 Å². The molecule has 0 bridgehead atoms. The number of thiophene rings is 1. The molecule has 3 rings (SSSR count). The average Bonchev–Trinajstić information content (AvgIpc) is 3.02. The van der Waals surface area contributed by atoms with Gasteiger partial charge in [-0.05, 0) is 50.2 Å². The van der Waals surface area contributed by atoms with Gasteiger partial charge in [-0.2, -0.15) is 4.31 Å². The van der Waals surface area contributed by atoms with Crippen molar-refractivity contribution in [3.63, 3.8) is 0 Å². The minimum Gasteiger partial charge on any atom is -0.369 e. The molecular weight excluding hydrogens is 344 g/mol. The van der Waals surface area contributed by atoms with Gasteiger partial charge in [0.25, 0.3) is 10.0 Å². The second-order valence-electron chi connectivity index (χ2n) is 5.86. The van der Waals surface area contributed by atoms with Gasteiger partial charge in [0, 0.05) is 42.3 Å². The van der Waals surface area contributed by atoms with Crippen molar-refractivity contribution in [2.24, 2.45) is 0 Å². The summed E-state index contributed by atoms with van der Waals surface area (Å²) in [4.78, 5) is 14.5. The third-order valence-electron chi connectivity index (χ3n) is 4.19. The van der Waals surface area contributed by atoms with E-state index in [1.165, 1.54) is 11.3 Å². The Hall–Kier alpha value is -1.70. The second kappa shape index (κ2) is 6.66. The molecule has 0 saturated carbocycles. The summed E-state index contributed by atoms with van der Waals surface area (Å²) >= 11 is 1.31. The molecule has 7 heteroatoms. The number of benzene rings is 1. The van der Waals surface area contributed by atoms with E-state index in [4.69, 9.17) is 0 Å². The summed E-state index contributed by atoms with van der Waals surface area (Å²) < 4.78 is 27.3. The van der Waals surface area contributed by atoms with Crippen LogP contribution in [0.25, 0.3) is 0 Å². The number of aryl methyl sites for hydroxylation is 1. The second-order valence-corrected chi connectivity index (χ2v) is 9.31. The van der Waals surface area contributed by atoms with Gasteiger partial charge >= 0.3 is 0 Å². The average molecular weight is 364 g/mol. The van der Waals surface area contributed by atoms with E-state index in [2.05, 4.69) is 4.90 Å². The number of hydrogen-bond acceptors (Lipinski definition) is 5. The molecule has 0 amide bonds. The Balaban J connectivity index is 1.68. The summed E-state index contributed by atoms with van der Waals surface area (Å²) in [6, 6.07) is 11.0. The number of ketones is 1. The zero-order valence-corrected chi connectivity index (χ0v) is 15.4. The SMILES string of the molecule is CC(=O)c1ccc(N2CCN(S(=O)(=O)c3ccc(C)s3)CC2)cc1. The minimum atomic E-state index is -3.38. The molecule has 1 aliphatic rings. The summed E-state index contributed by atoms with van der Waals surface area (Å²) in [7, 11) is -3.38. The number of sulfonamides is 1. The molecule has 0 spiro atoms. The molecule has 2 aromatic rings. The number of hydrogen-bond donors (Lipinski definition) is 0.